The monoisotopic (exact) mass is 285 g/mol. The average Bonchev–Trinajstić information content (AvgIpc) is 2.87. The van der Waals surface area contributed by atoms with Gasteiger partial charge in [0.1, 0.15) is 0 Å². The van der Waals surface area contributed by atoms with Crippen molar-refractivity contribution in [2.45, 2.75) is 52.7 Å². The van der Waals surface area contributed by atoms with Crippen LogP contribution in [0.1, 0.15) is 40.5 Å². The zero-order chi connectivity index (χ0) is 14.8. The molecule has 0 aromatic rings. The molecular formula is C16H35N3O. The minimum atomic E-state index is 0.358. The molecule has 1 atom stereocenters. The Labute approximate surface area is 125 Å². The topological polar surface area (TPSA) is 27.7 Å². The Hall–Kier alpha value is -0.160. The molecule has 0 aromatic carbocycles. The van der Waals surface area contributed by atoms with E-state index in [9.17, 15) is 0 Å². The van der Waals surface area contributed by atoms with E-state index in [1.54, 1.807) is 0 Å². The second-order valence-corrected chi connectivity index (χ2v) is 5.99. The summed E-state index contributed by atoms with van der Waals surface area (Å²) in [5.74, 6) is 0. The fourth-order valence-electron chi connectivity index (χ4n) is 2.93. The van der Waals surface area contributed by atoms with Crippen LogP contribution < -0.4 is 5.32 Å². The van der Waals surface area contributed by atoms with Gasteiger partial charge in [-0.3, -0.25) is 4.90 Å². The van der Waals surface area contributed by atoms with Crippen LogP contribution in [0.15, 0.2) is 0 Å². The summed E-state index contributed by atoms with van der Waals surface area (Å²) in [4.78, 5) is 5.19. The van der Waals surface area contributed by atoms with Crippen LogP contribution in [0.2, 0.25) is 0 Å². The van der Waals surface area contributed by atoms with Gasteiger partial charge in [-0.2, -0.15) is 0 Å². The van der Waals surface area contributed by atoms with Gasteiger partial charge in [-0.15, -0.1) is 0 Å². The molecule has 0 amide bonds. The van der Waals surface area contributed by atoms with Crippen LogP contribution in [-0.4, -0.2) is 74.4 Å². The highest BCUT2D eigenvalue weighted by Gasteiger charge is 2.25. The summed E-state index contributed by atoms with van der Waals surface area (Å²) in [5.41, 5.74) is 0. The Kier molecular flexibility index (Phi) is 9.44. The molecule has 1 N–H and O–H groups in total. The van der Waals surface area contributed by atoms with Crippen molar-refractivity contribution >= 4 is 0 Å². The standard InChI is InChI=1S/C16H35N3O/c1-5-19(6-2)16-8-11-18(14-16)12-10-17-9-7-13-20-15(3)4/h15-17H,5-14H2,1-4H3. The normalized spacial score (nSPS) is 20.4. The maximum absolute atomic E-state index is 5.53. The van der Waals surface area contributed by atoms with Crippen molar-refractivity contribution in [3.05, 3.63) is 0 Å². The lowest BCUT2D eigenvalue weighted by atomic mass is 10.2. The molecule has 20 heavy (non-hydrogen) atoms. The predicted octanol–water partition coefficient (Wildman–Crippen LogP) is 1.81. The van der Waals surface area contributed by atoms with E-state index < -0.39 is 0 Å². The minimum absolute atomic E-state index is 0.358. The van der Waals surface area contributed by atoms with Crippen molar-refractivity contribution in [1.29, 1.82) is 0 Å². The molecule has 1 aliphatic rings. The number of likely N-dealkylation sites (tertiary alicyclic amines) is 1. The maximum atomic E-state index is 5.53. The third kappa shape index (κ3) is 7.02. The highest BCUT2D eigenvalue weighted by Crippen LogP contribution is 2.14. The van der Waals surface area contributed by atoms with Gasteiger partial charge in [0.15, 0.2) is 0 Å². The first-order chi connectivity index (χ1) is 9.67. The van der Waals surface area contributed by atoms with Gasteiger partial charge in [0.05, 0.1) is 6.10 Å². The van der Waals surface area contributed by atoms with E-state index in [4.69, 9.17) is 4.74 Å². The molecule has 0 aliphatic carbocycles. The van der Waals surface area contributed by atoms with Gasteiger partial charge in [0.2, 0.25) is 0 Å². The van der Waals surface area contributed by atoms with Crippen molar-refractivity contribution in [1.82, 2.24) is 15.1 Å². The van der Waals surface area contributed by atoms with Gasteiger partial charge in [-0.05, 0) is 52.9 Å². The highest BCUT2D eigenvalue weighted by atomic mass is 16.5. The van der Waals surface area contributed by atoms with Crippen LogP contribution in [0.5, 0.6) is 0 Å². The summed E-state index contributed by atoms with van der Waals surface area (Å²) in [6.45, 7) is 17.8. The van der Waals surface area contributed by atoms with Crippen LogP contribution >= 0.6 is 0 Å². The van der Waals surface area contributed by atoms with Crippen molar-refractivity contribution in [2.24, 2.45) is 0 Å². The first kappa shape index (κ1) is 17.9. The van der Waals surface area contributed by atoms with Gasteiger partial charge >= 0.3 is 0 Å². The number of nitrogens with one attached hydrogen (secondary N) is 1. The summed E-state index contributed by atoms with van der Waals surface area (Å²) >= 11 is 0. The second-order valence-electron chi connectivity index (χ2n) is 5.99. The number of hydrogen-bond donors (Lipinski definition) is 1. The molecular weight excluding hydrogens is 250 g/mol. The minimum Gasteiger partial charge on any atom is -0.379 e. The third-order valence-corrected chi connectivity index (χ3v) is 4.13. The number of ether oxygens (including phenoxy) is 1. The first-order valence-corrected chi connectivity index (χ1v) is 8.46. The Bertz CT molecular complexity index is 232. The van der Waals surface area contributed by atoms with Crippen molar-refractivity contribution in [2.75, 3.05) is 52.4 Å². The largest absolute Gasteiger partial charge is 0.379 e. The number of likely N-dealkylation sites (N-methyl/N-ethyl adjacent to an activating group) is 1. The molecule has 1 aliphatic heterocycles. The molecule has 4 heteroatoms. The van der Waals surface area contributed by atoms with Crippen molar-refractivity contribution < 1.29 is 4.74 Å². The Balaban J connectivity index is 1.98. The smallest absolute Gasteiger partial charge is 0.0518 e. The van der Waals surface area contributed by atoms with Crippen molar-refractivity contribution in [3.8, 4) is 0 Å². The average molecular weight is 285 g/mol. The molecule has 0 saturated carbocycles. The number of rotatable bonds is 11. The van der Waals surface area contributed by atoms with Crippen LogP contribution in [0.25, 0.3) is 0 Å². The summed E-state index contributed by atoms with van der Waals surface area (Å²) < 4.78 is 5.53. The molecule has 0 aromatic heterocycles. The van der Waals surface area contributed by atoms with Crippen LogP contribution in [0.4, 0.5) is 0 Å². The molecule has 1 heterocycles. The SMILES string of the molecule is CCN(CC)C1CCN(CCNCCCOC(C)C)C1. The summed E-state index contributed by atoms with van der Waals surface area (Å²) in [7, 11) is 0. The Morgan fingerprint density at radius 3 is 2.65 bits per heavy atom. The number of hydrogen-bond acceptors (Lipinski definition) is 4. The molecule has 0 radical (unpaired) electrons. The predicted molar refractivity (Wildman–Crippen MR) is 86.3 cm³/mol. The van der Waals surface area contributed by atoms with E-state index in [2.05, 4.69) is 42.8 Å². The molecule has 1 fully saturated rings. The second kappa shape index (κ2) is 10.6. The molecule has 0 spiro atoms. The molecule has 4 nitrogen and oxygen atoms in total. The van der Waals surface area contributed by atoms with Gasteiger partial charge in [-0.25, -0.2) is 0 Å². The molecule has 1 unspecified atom stereocenters. The Morgan fingerprint density at radius 1 is 1.25 bits per heavy atom. The van der Waals surface area contributed by atoms with Gasteiger partial charge < -0.3 is 15.0 Å². The molecule has 1 saturated heterocycles. The zero-order valence-corrected chi connectivity index (χ0v) is 14.0. The van der Waals surface area contributed by atoms with E-state index in [0.29, 0.717) is 6.10 Å². The lowest BCUT2D eigenvalue weighted by Crippen LogP contribution is -2.38. The lowest BCUT2D eigenvalue weighted by molar-refractivity contribution is 0.0770. The molecule has 0 bridgehead atoms. The van der Waals surface area contributed by atoms with E-state index in [0.717, 1.165) is 32.2 Å². The van der Waals surface area contributed by atoms with Crippen LogP contribution in [0.3, 0.4) is 0 Å². The van der Waals surface area contributed by atoms with Crippen LogP contribution in [-0.2, 0) is 4.74 Å². The van der Waals surface area contributed by atoms with Crippen LogP contribution in [0, 0.1) is 0 Å². The maximum Gasteiger partial charge on any atom is 0.0518 e. The van der Waals surface area contributed by atoms with Gasteiger partial charge in [0, 0.05) is 32.3 Å². The van der Waals surface area contributed by atoms with E-state index >= 15 is 0 Å². The molecule has 120 valence electrons. The van der Waals surface area contributed by atoms with Crippen molar-refractivity contribution in [3.63, 3.8) is 0 Å². The van der Waals surface area contributed by atoms with Gasteiger partial charge in [0.25, 0.3) is 0 Å². The first-order valence-electron chi connectivity index (χ1n) is 8.46. The van der Waals surface area contributed by atoms with E-state index in [1.807, 2.05) is 0 Å². The molecule has 1 rings (SSSR count). The lowest BCUT2D eigenvalue weighted by Gasteiger charge is -2.26. The Morgan fingerprint density at radius 2 is 2.00 bits per heavy atom. The van der Waals surface area contributed by atoms with E-state index in [-0.39, 0.29) is 0 Å². The summed E-state index contributed by atoms with van der Waals surface area (Å²) in [6, 6.07) is 0.782. The number of nitrogens with zero attached hydrogens (tertiary/aromatic N) is 2. The quantitative estimate of drug-likeness (QED) is 0.586. The zero-order valence-electron chi connectivity index (χ0n) is 14.0. The third-order valence-electron chi connectivity index (χ3n) is 4.13. The van der Waals surface area contributed by atoms with E-state index in [1.165, 1.54) is 39.1 Å². The highest BCUT2D eigenvalue weighted by molar-refractivity contribution is 4.82. The fourth-order valence-corrected chi connectivity index (χ4v) is 2.93. The fraction of sp³-hybridized carbons (Fsp3) is 1.00. The summed E-state index contributed by atoms with van der Waals surface area (Å²) in [6.07, 6.45) is 2.81. The summed E-state index contributed by atoms with van der Waals surface area (Å²) in [5, 5.41) is 3.52. The van der Waals surface area contributed by atoms with Gasteiger partial charge in [-0.1, -0.05) is 13.8 Å².